The molecule has 0 aliphatic carbocycles. The Morgan fingerprint density at radius 3 is 2.86 bits per heavy atom. The first-order valence-corrected chi connectivity index (χ1v) is 8.01. The molecule has 0 fully saturated rings. The average molecular weight is 378 g/mol. The summed E-state index contributed by atoms with van der Waals surface area (Å²) in [5.41, 5.74) is 3.78. The van der Waals surface area contributed by atoms with E-state index >= 15 is 0 Å². The largest absolute Gasteiger partial charge is 0.361 e. The molecule has 2 N–H and O–H groups in total. The van der Waals surface area contributed by atoms with Crippen LogP contribution in [0.3, 0.4) is 0 Å². The summed E-state index contributed by atoms with van der Waals surface area (Å²) >= 11 is 9.41. The van der Waals surface area contributed by atoms with Gasteiger partial charge < -0.3 is 10.3 Å². The van der Waals surface area contributed by atoms with Crippen LogP contribution < -0.4 is 5.32 Å². The molecule has 0 aliphatic rings. The lowest BCUT2D eigenvalue weighted by molar-refractivity contribution is -0.115. The van der Waals surface area contributed by atoms with Crippen LogP contribution in [0.2, 0.25) is 5.02 Å². The van der Waals surface area contributed by atoms with E-state index in [0.29, 0.717) is 11.4 Å². The Labute approximate surface area is 141 Å². The average Bonchev–Trinajstić information content (AvgIpc) is 2.85. The number of carbonyl (C=O) groups is 1. The molecule has 0 saturated carbocycles. The molecule has 0 saturated heterocycles. The van der Waals surface area contributed by atoms with Crippen LogP contribution in [0.25, 0.3) is 10.9 Å². The normalized spacial score (nSPS) is 10.9. The summed E-state index contributed by atoms with van der Waals surface area (Å²) in [4.78, 5) is 15.4. The van der Waals surface area contributed by atoms with Crippen molar-refractivity contribution in [3.05, 3.63) is 63.2 Å². The van der Waals surface area contributed by atoms with Crippen LogP contribution in [-0.2, 0) is 11.2 Å². The predicted molar refractivity (Wildman–Crippen MR) is 94.5 cm³/mol. The number of halogens is 2. The molecule has 0 atom stereocenters. The van der Waals surface area contributed by atoms with E-state index in [-0.39, 0.29) is 5.91 Å². The summed E-state index contributed by atoms with van der Waals surface area (Å²) in [6.07, 6.45) is 2.17. The molecule has 0 spiro atoms. The van der Waals surface area contributed by atoms with E-state index in [2.05, 4.69) is 26.2 Å². The zero-order chi connectivity index (χ0) is 15.7. The highest BCUT2D eigenvalue weighted by Gasteiger charge is 2.10. The van der Waals surface area contributed by atoms with Crippen molar-refractivity contribution < 1.29 is 4.79 Å². The van der Waals surface area contributed by atoms with Crippen molar-refractivity contribution in [3.63, 3.8) is 0 Å². The van der Waals surface area contributed by atoms with E-state index in [9.17, 15) is 4.79 Å². The second-order valence-corrected chi connectivity index (χ2v) is 6.48. The Bertz CT molecular complexity index is 857. The molecular formula is C17H14BrClN2O. The SMILES string of the molecule is Cc1cc(NC(=O)Cc2c[nH]c3cc(Cl)ccc23)ccc1Br. The minimum Gasteiger partial charge on any atom is -0.361 e. The lowest BCUT2D eigenvalue weighted by Gasteiger charge is -2.07. The van der Waals surface area contributed by atoms with E-state index < -0.39 is 0 Å². The van der Waals surface area contributed by atoms with Crippen LogP contribution in [-0.4, -0.2) is 10.9 Å². The minimum atomic E-state index is -0.0439. The first-order valence-electron chi connectivity index (χ1n) is 6.84. The predicted octanol–water partition coefficient (Wildman–Crippen LogP) is 5.07. The van der Waals surface area contributed by atoms with Crippen LogP contribution in [0.1, 0.15) is 11.1 Å². The molecule has 1 aromatic heterocycles. The summed E-state index contributed by atoms with van der Waals surface area (Å²) in [5, 5.41) is 4.62. The number of anilines is 1. The Kier molecular flexibility index (Phi) is 4.23. The Balaban J connectivity index is 1.76. The fraction of sp³-hybridized carbons (Fsp3) is 0.118. The second kappa shape index (κ2) is 6.15. The van der Waals surface area contributed by atoms with Gasteiger partial charge in [-0.2, -0.15) is 0 Å². The molecular weight excluding hydrogens is 364 g/mol. The number of aromatic nitrogens is 1. The molecule has 112 valence electrons. The van der Waals surface area contributed by atoms with Crippen molar-refractivity contribution in [2.45, 2.75) is 13.3 Å². The lowest BCUT2D eigenvalue weighted by atomic mass is 10.1. The highest BCUT2D eigenvalue weighted by atomic mass is 79.9. The maximum Gasteiger partial charge on any atom is 0.228 e. The van der Waals surface area contributed by atoms with Gasteiger partial charge >= 0.3 is 0 Å². The van der Waals surface area contributed by atoms with E-state index in [0.717, 1.165) is 32.2 Å². The molecule has 5 heteroatoms. The van der Waals surface area contributed by atoms with E-state index in [1.54, 1.807) is 0 Å². The van der Waals surface area contributed by atoms with Crippen molar-refractivity contribution in [2.24, 2.45) is 0 Å². The number of fused-ring (bicyclic) bond motifs is 1. The molecule has 0 radical (unpaired) electrons. The Morgan fingerprint density at radius 1 is 1.27 bits per heavy atom. The number of nitrogens with one attached hydrogen (secondary N) is 2. The molecule has 22 heavy (non-hydrogen) atoms. The number of H-pyrrole nitrogens is 1. The molecule has 3 aromatic rings. The van der Waals surface area contributed by atoms with Gasteiger partial charge in [0.2, 0.25) is 5.91 Å². The van der Waals surface area contributed by atoms with Gasteiger partial charge in [-0.25, -0.2) is 0 Å². The smallest absolute Gasteiger partial charge is 0.228 e. The Morgan fingerprint density at radius 2 is 2.09 bits per heavy atom. The molecule has 2 aromatic carbocycles. The van der Waals surface area contributed by atoms with Gasteiger partial charge in [0.25, 0.3) is 0 Å². The third kappa shape index (κ3) is 3.18. The standard InChI is InChI=1S/C17H14BrClN2O/c1-10-6-13(3-5-15(10)18)21-17(22)7-11-9-20-16-8-12(19)2-4-14(11)16/h2-6,8-9,20H,7H2,1H3,(H,21,22). The number of amides is 1. The summed E-state index contributed by atoms with van der Waals surface area (Å²) in [6.45, 7) is 1.99. The molecule has 0 bridgehead atoms. The third-order valence-corrected chi connectivity index (χ3v) is 4.65. The maximum atomic E-state index is 12.2. The van der Waals surface area contributed by atoms with Gasteiger partial charge in [-0.05, 0) is 48.4 Å². The fourth-order valence-electron chi connectivity index (χ4n) is 2.41. The quantitative estimate of drug-likeness (QED) is 0.657. The zero-order valence-corrected chi connectivity index (χ0v) is 14.3. The zero-order valence-electron chi connectivity index (χ0n) is 11.9. The lowest BCUT2D eigenvalue weighted by Crippen LogP contribution is -2.14. The fourth-order valence-corrected chi connectivity index (χ4v) is 2.82. The first-order chi connectivity index (χ1) is 10.5. The highest BCUT2D eigenvalue weighted by molar-refractivity contribution is 9.10. The molecule has 3 nitrogen and oxygen atoms in total. The van der Waals surface area contributed by atoms with Crippen LogP contribution in [0.4, 0.5) is 5.69 Å². The van der Waals surface area contributed by atoms with Crippen LogP contribution in [0.5, 0.6) is 0 Å². The maximum absolute atomic E-state index is 12.2. The summed E-state index contributed by atoms with van der Waals surface area (Å²) in [6, 6.07) is 11.4. The first kappa shape index (κ1) is 15.1. The number of aromatic amines is 1. The monoisotopic (exact) mass is 376 g/mol. The van der Waals surface area contributed by atoms with Crippen molar-refractivity contribution in [1.82, 2.24) is 4.98 Å². The van der Waals surface area contributed by atoms with Crippen molar-refractivity contribution >= 4 is 50.0 Å². The summed E-state index contributed by atoms with van der Waals surface area (Å²) in [7, 11) is 0. The van der Waals surface area contributed by atoms with Gasteiger partial charge in [-0.1, -0.05) is 33.6 Å². The number of rotatable bonds is 3. The van der Waals surface area contributed by atoms with Crippen LogP contribution in [0.15, 0.2) is 47.1 Å². The number of hydrogen-bond donors (Lipinski definition) is 2. The second-order valence-electron chi connectivity index (χ2n) is 5.19. The van der Waals surface area contributed by atoms with E-state index in [1.165, 1.54) is 0 Å². The van der Waals surface area contributed by atoms with E-state index in [4.69, 9.17) is 11.6 Å². The van der Waals surface area contributed by atoms with Gasteiger partial charge in [0.15, 0.2) is 0 Å². The van der Waals surface area contributed by atoms with Gasteiger partial charge in [0, 0.05) is 32.3 Å². The molecule has 0 aliphatic heterocycles. The number of aryl methyl sites for hydroxylation is 1. The highest BCUT2D eigenvalue weighted by Crippen LogP contribution is 2.23. The van der Waals surface area contributed by atoms with Crippen molar-refractivity contribution in [2.75, 3.05) is 5.32 Å². The number of benzene rings is 2. The molecule has 0 unspecified atom stereocenters. The van der Waals surface area contributed by atoms with Crippen LogP contribution in [0, 0.1) is 6.92 Å². The van der Waals surface area contributed by atoms with Crippen molar-refractivity contribution in [3.8, 4) is 0 Å². The van der Waals surface area contributed by atoms with Gasteiger partial charge in [0.1, 0.15) is 0 Å². The third-order valence-electron chi connectivity index (χ3n) is 3.52. The summed E-state index contributed by atoms with van der Waals surface area (Å²) in [5.74, 6) is -0.0439. The van der Waals surface area contributed by atoms with Gasteiger partial charge in [-0.15, -0.1) is 0 Å². The number of carbonyl (C=O) groups excluding carboxylic acids is 1. The summed E-state index contributed by atoms with van der Waals surface area (Å²) < 4.78 is 1.03. The van der Waals surface area contributed by atoms with Gasteiger partial charge in [-0.3, -0.25) is 4.79 Å². The van der Waals surface area contributed by atoms with Gasteiger partial charge in [0.05, 0.1) is 6.42 Å². The molecule has 3 rings (SSSR count). The molecule has 1 heterocycles. The number of hydrogen-bond acceptors (Lipinski definition) is 1. The topological polar surface area (TPSA) is 44.9 Å². The Hall–Kier alpha value is -1.78. The minimum absolute atomic E-state index is 0.0439. The van der Waals surface area contributed by atoms with E-state index in [1.807, 2.05) is 49.5 Å². The van der Waals surface area contributed by atoms with Crippen LogP contribution >= 0.6 is 27.5 Å². The molecule has 1 amide bonds. The van der Waals surface area contributed by atoms with Crippen molar-refractivity contribution in [1.29, 1.82) is 0 Å².